The lowest BCUT2D eigenvalue weighted by atomic mass is 10.0. The summed E-state index contributed by atoms with van der Waals surface area (Å²) >= 11 is 0. The summed E-state index contributed by atoms with van der Waals surface area (Å²) in [6.45, 7) is 4.13. The van der Waals surface area contributed by atoms with Gasteiger partial charge in [-0.3, -0.25) is 9.69 Å². The molecule has 0 radical (unpaired) electrons. The van der Waals surface area contributed by atoms with Crippen LogP contribution < -0.4 is 5.32 Å². The fourth-order valence-electron chi connectivity index (χ4n) is 3.74. The standard InChI is InChI=1S/C24H26N2O2/c27-24(17-19-10-11-20-6-4-5-9-22(20)16-19)25-23(21-7-2-1-3-8-21)18-26-12-14-28-15-13-26/h1-11,16,23H,12-15,17-18H2,(H,25,27). The molecule has 1 atom stereocenters. The van der Waals surface area contributed by atoms with Crippen molar-refractivity contribution in [2.24, 2.45) is 0 Å². The molecule has 3 aromatic rings. The number of carbonyl (C=O) groups excluding carboxylic acids is 1. The Morgan fingerprint density at radius 2 is 1.64 bits per heavy atom. The summed E-state index contributed by atoms with van der Waals surface area (Å²) in [5.41, 5.74) is 2.18. The summed E-state index contributed by atoms with van der Waals surface area (Å²) in [4.78, 5) is 15.2. The normalized spacial score (nSPS) is 16.0. The molecule has 1 heterocycles. The summed E-state index contributed by atoms with van der Waals surface area (Å²) in [6.07, 6.45) is 0.386. The van der Waals surface area contributed by atoms with Crippen molar-refractivity contribution in [3.8, 4) is 0 Å². The number of fused-ring (bicyclic) bond motifs is 1. The molecule has 4 heteroatoms. The van der Waals surface area contributed by atoms with E-state index in [4.69, 9.17) is 4.74 Å². The van der Waals surface area contributed by atoms with Crippen molar-refractivity contribution >= 4 is 16.7 Å². The summed E-state index contributed by atoms with van der Waals surface area (Å²) < 4.78 is 5.45. The molecule has 0 saturated carbocycles. The van der Waals surface area contributed by atoms with Crippen LogP contribution in [0.2, 0.25) is 0 Å². The zero-order valence-electron chi connectivity index (χ0n) is 16.0. The van der Waals surface area contributed by atoms with Crippen molar-refractivity contribution in [3.05, 3.63) is 83.9 Å². The predicted molar refractivity (Wildman–Crippen MR) is 112 cm³/mol. The van der Waals surface area contributed by atoms with E-state index in [2.05, 4.69) is 46.6 Å². The highest BCUT2D eigenvalue weighted by Gasteiger charge is 2.20. The number of amides is 1. The number of nitrogens with one attached hydrogen (secondary N) is 1. The van der Waals surface area contributed by atoms with E-state index in [0.29, 0.717) is 6.42 Å². The first-order valence-corrected chi connectivity index (χ1v) is 9.90. The molecule has 1 unspecified atom stereocenters. The molecule has 28 heavy (non-hydrogen) atoms. The van der Waals surface area contributed by atoms with Gasteiger partial charge in [0.1, 0.15) is 0 Å². The number of hydrogen-bond acceptors (Lipinski definition) is 3. The van der Waals surface area contributed by atoms with Crippen molar-refractivity contribution in [2.45, 2.75) is 12.5 Å². The van der Waals surface area contributed by atoms with E-state index >= 15 is 0 Å². The van der Waals surface area contributed by atoms with Gasteiger partial charge in [0.15, 0.2) is 0 Å². The van der Waals surface area contributed by atoms with Crippen LogP contribution in [0.5, 0.6) is 0 Å². The smallest absolute Gasteiger partial charge is 0.224 e. The highest BCUT2D eigenvalue weighted by Crippen LogP contribution is 2.18. The summed E-state index contributed by atoms with van der Waals surface area (Å²) in [7, 11) is 0. The van der Waals surface area contributed by atoms with E-state index in [1.54, 1.807) is 0 Å². The number of rotatable bonds is 6. The van der Waals surface area contributed by atoms with Gasteiger partial charge in [-0.15, -0.1) is 0 Å². The summed E-state index contributed by atoms with van der Waals surface area (Å²) in [6, 6.07) is 24.7. The van der Waals surface area contributed by atoms with Gasteiger partial charge in [0.05, 0.1) is 25.7 Å². The van der Waals surface area contributed by atoms with Gasteiger partial charge in [-0.25, -0.2) is 0 Å². The Labute approximate surface area is 166 Å². The van der Waals surface area contributed by atoms with Crippen molar-refractivity contribution in [1.82, 2.24) is 10.2 Å². The lowest BCUT2D eigenvalue weighted by Crippen LogP contribution is -2.43. The van der Waals surface area contributed by atoms with Crippen LogP contribution in [0.1, 0.15) is 17.2 Å². The molecule has 0 spiro atoms. The van der Waals surface area contributed by atoms with Crippen LogP contribution in [0, 0.1) is 0 Å². The molecule has 0 aromatic heterocycles. The number of benzene rings is 3. The predicted octanol–water partition coefficient (Wildman–Crippen LogP) is 3.57. The maximum absolute atomic E-state index is 12.8. The average molecular weight is 374 g/mol. The molecular formula is C24H26N2O2. The van der Waals surface area contributed by atoms with Crippen molar-refractivity contribution in [1.29, 1.82) is 0 Å². The third kappa shape index (κ3) is 4.77. The average Bonchev–Trinajstić information content (AvgIpc) is 2.74. The van der Waals surface area contributed by atoms with Gasteiger partial charge in [0.2, 0.25) is 5.91 Å². The van der Waals surface area contributed by atoms with Gasteiger partial charge in [0, 0.05) is 19.6 Å². The molecule has 4 rings (SSSR count). The zero-order valence-corrected chi connectivity index (χ0v) is 16.0. The van der Waals surface area contributed by atoms with Gasteiger partial charge < -0.3 is 10.1 Å². The van der Waals surface area contributed by atoms with Gasteiger partial charge in [0.25, 0.3) is 0 Å². The molecule has 1 aliphatic heterocycles. The van der Waals surface area contributed by atoms with Gasteiger partial charge >= 0.3 is 0 Å². The van der Waals surface area contributed by atoms with E-state index in [1.807, 2.05) is 36.4 Å². The Balaban J connectivity index is 1.46. The van der Waals surface area contributed by atoms with Crippen LogP contribution in [-0.4, -0.2) is 43.7 Å². The molecule has 3 aromatic carbocycles. The molecule has 1 N–H and O–H groups in total. The van der Waals surface area contributed by atoms with Crippen LogP contribution >= 0.6 is 0 Å². The van der Waals surface area contributed by atoms with E-state index in [1.165, 1.54) is 10.8 Å². The molecule has 1 fully saturated rings. The Bertz CT molecular complexity index is 920. The summed E-state index contributed by atoms with van der Waals surface area (Å²) in [5, 5.41) is 5.62. The molecular weight excluding hydrogens is 348 g/mol. The van der Waals surface area contributed by atoms with Crippen LogP contribution in [0.15, 0.2) is 72.8 Å². The molecule has 1 saturated heterocycles. The Kier molecular flexibility index (Phi) is 6.00. The van der Waals surface area contributed by atoms with Crippen LogP contribution in [0.3, 0.4) is 0 Å². The van der Waals surface area contributed by atoms with E-state index < -0.39 is 0 Å². The lowest BCUT2D eigenvalue weighted by Gasteiger charge is -2.31. The second-order valence-corrected chi connectivity index (χ2v) is 7.30. The zero-order chi connectivity index (χ0) is 19.2. The minimum absolute atomic E-state index is 0.0211. The monoisotopic (exact) mass is 374 g/mol. The summed E-state index contributed by atoms with van der Waals surface area (Å²) in [5.74, 6) is 0.0531. The molecule has 144 valence electrons. The lowest BCUT2D eigenvalue weighted by molar-refractivity contribution is -0.121. The van der Waals surface area contributed by atoms with Crippen molar-refractivity contribution in [3.63, 3.8) is 0 Å². The fraction of sp³-hybridized carbons (Fsp3) is 0.292. The Morgan fingerprint density at radius 3 is 2.43 bits per heavy atom. The maximum atomic E-state index is 12.8. The van der Waals surface area contributed by atoms with Crippen LogP contribution in [0.25, 0.3) is 10.8 Å². The second-order valence-electron chi connectivity index (χ2n) is 7.30. The molecule has 1 amide bonds. The minimum Gasteiger partial charge on any atom is -0.379 e. The fourth-order valence-corrected chi connectivity index (χ4v) is 3.74. The highest BCUT2D eigenvalue weighted by atomic mass is 16.5. The van der Waals surface area contributed by atoms with E-state index in [-0.39, 0.29) is 11.9 Å². The third-order valence-corrected chi connectivity index (χ3v) is 5.26. The molecule has 0 bridgehead atoms. The number of morpholine rings is 1. The molecule has 1 aliphatic rings. The van der Waals surface area contributed by atoms with Crippen LogP contribution in [-0.2, 0) is 16.0 Å². The van der Waals surface area contributed by atoms with Gasteiger partial charge in [-0.1, -0.05) is 72.8 Å². The second kappa shape index (κ2) is 9.00. The number of nitrogens with zero attached hydrogens (tertiary/aromatic N) is 1. The first-order valence-electron chi connectivity index (χ1n) is 9.90. The van der Waals surface area contributed by atoms with Crippen molar-refractivity contribution < 1.29 is 9.53 Å². The third-order valence-electron chi connectivity index (χ3n) is 5.26. The van der Waals surface area contributed by atoms with E-state index in [0.717, 1.165) is 44.0 Å². The quantitative estimate of drug-likeness (QED) is 0.717. The van der Waals surface area contributed by atoms with Gasteiger partial charge in [-0.05, 0) is 21.9 Å². The molecule has 4 nitrogen and oxygen atoms in total. The highest BCUT2D eigenvalue weighted by molar-refractivity contribution is 5.85. The Hall–Kier alpha value is -2.69. The largest absolute Gasteiger partial charge is 0.379 e. The maximum Gasteiger partial charge on any atom is 0.224 e. The Morgan fingerprint density at radius 1 is 0.929 bits per heavy atom. The topological polar surface area (TPSA) is 41.6 Å². The van der Waals surface area contributed by atoms with E-state index in [9.17, 15) is 4.79 Å². The number of carbonyl (C=O) groups is 1. The molecule has 0 aliphatic carbocycles. The first-order chi connectivity index (χ1) is 13.8. The first kappa shape index (κ1) is 18.7. The minimum atomic E-state index is -0.0211. The SMILES string of the molecule is O=C(Cc1ccc2ccccc2c1)NC(CN1CCOCC1)c1ccccc1. The van der Waals surface area contributed by atoms with Crippen LogP contribution in [0.4, 0.5) is 0 Å². The number of ether oxygens (including phenoxy) is 1. The van der Waals surface area contributed by atoms with Gasteiger partial charge in [-0.2, -0.15) is 0 Å². The number of hydrogen-bond donors (Lipinski definition) is 1. The van der Waals surface area contributed by atoms with Crippen molar-refractivity contribution in [2.75, 3.05) is 32.8 Å².